The molecular weight excluding hydrogens is 272 g/mol. The van der Waals surface area contributed by atoms with Gasteiger partial charge in [-0.2, -0.15) is 17.6 Å². The van der Waals surface area contributed by atoms with Crippen LogP contribution in [0, 0.1) is 0 Å². The summed E-state index contributed by atoms with van der Waals surface area (Å²) in [5.41, 5.74) is -0.832. The molecule has 0 radical (unpaired) electrons. The molecule has 1 aliphatic rings. The minimum atomic E-state index is -4.09. The molecule has 0 saturated heterocycles. The number of halogens is 4. The van der Waals surface area contributed by atoms with Crippen LogP contribution in [-0.4, -0.2) is 19.0 Å². The van der Waals surface area contributed by atoms with Gasteiger partial charge in [-0.3, -0.25) is 0 Å². The zero-order valence-electron chi connectivity index (χ0n) is 11.4. The van der Waals surface area contributed by atoms with Crippen molar-refractivity contribution in [3.05, 3.63) is 35.4 Å². The summed E-state index contributed by atoms with van der Waals surface area (Å²) >= 11 is 0. The number of ether oxygens (including phenoxy) is 1. The normalized spacial score (nSPS) is 19.7. The molecule has 5 heteroatoms. The van der Waals surface area contributed by atoms with Crippen LogP contribution in [0.3, 0.4) is 0 Å². The van der Waals surface area contributed by atoms with Crippen molar-refractivity contribution in [3.8, 4) is 5.75 Å². The van der Waals surface area contributed by atoms with E-state index in [2.05, 4.69) is 0 Å². The molecule has 0 N–H and O–H groups in total. The zero-order valence-corrected chi connectivity index (χ0v) is 11.4. The van der Waals surface area contributed by atoms with E-state index in [1.54, 1.807) is 0 Å². The molecule has 0 spiro atoms. The molecule has 2 rings (SSSR count). The second-order valence-electron chi connectivity index (χ2n) is 4.83. The van der Waals surface area contributed by atoms with Gasteiger partial charge < -0.3 is 4.74 Å². The largest absolute Gasteiger partial charge is 0.497 e. The van der Waals surface area contributed by atoms with E-state index in [-0.39, 0.29) is 12.0 Å². The number of rotatable bonds is 5. The molecule has 110 valence electrons. The molecular formula is C15H16F4O. The average Bonchev–Trinajstić information content (AvgIpc) is 2.43. The summed E-state index contributed by atoms with van der Waals surface area (Å²) < 4.78 is 59.4. The molecule has 0 saturated carbocycles. The smallest absolute Gasteiger partial charge is 0.340 e. The van der Waals surface area contributed by atoms with Crippen LogP contribution < -0.4 is 4.74 Å². The van der Waals surface area contributed by atoms with Crippen molar-refractivity contribution in [1.29, 1.82) is 0 Å². The Labute approximate surface area is 115 Å². The van der Waals surface area contributed by atoms with Crippen LogP contribution in [0.2, 0.25) is 0 Å². The summed E-state index contributed by atoms with van der Waals surface area (Å²) in [4.78, 5) is 0. The third kappa shape index (κ3) is 2.09. The van der Waals surface area contributed by atoms with Crippen molar-refractivity contribution in [2.75, 3.05) is 7.11 Å². The summed E-state index contributed by atoms with van der Waals surface area (Å²) in [5.74, 6) is -7.62. The van der Waals surface area contributed by atoms with Gasteiger partial charge in [0.25, 0.3) is 0 Å². The lowest BCUT2D eigenvalue weighted by Crippen LogP contribution is -2.52. The van der Waals surface area contributed by atoms with E-state index < -0.39 is 23.0 Å². The van der Waals surface area contributed by atoms with Crippen LogP contribution in [-0.2, 0) is 0 Å². The van der Waals surface area contributed by atoms with E-state index in [0.29, 0.717) is 18.6 Å². The van der Waals surface area contributed by atoms with Crippen molar-refractivity contribution in [2.24, 2.45) is 0 Å². The minimum Gasteiger partial charge on any atom is -0.497 e. The highest BCUT2D eigenvalue weighted by Gasteiger charge is 2.70. The van der Waals surface area contributed by atoms with Crippen molar-refractivity contribution in [2.45, 2.75) is 38.0 Å². The Balaban J connectivity index is 2.43. The van der Waals surface area contributed by atoms with Crippen molar-refractivity contribution >= 4 is 5.57 Å². The number of allylic oxidation sites excluding steroid dienone is 2. The molecule has 1 aromatic rings. The Bertz CT molecular complexity index is 517. The summed E-state index contributed by atoms with van der Waals surface area (Å²) in [6.45, 7) is 1.84. The van der Waals surface area contributed by atoms with Gasteiger partial charge in [-0.25, -0.2) is 0 Å². The van der Waals surface area contributed by atoms with Gasteiger partial charge in [0.2, 0.25) is 0 Å². The highest BCUT2D eigenvalue weighted by molar-refractivity contribution is 5.83. The minimum absolute atomic E-state index is 0.000449. The Hall–Kier alpha value is -1.52. The maximum atomic E-state index is 13.7. The molecule has 0 unspecified atom stereocenters. The molecule has 1 aromatic carbocycles. The van der Waals surface area contributed by atoms with Crippen LogP contribution in [0.15, 0.2) is 29.8 Å². The Kier molecular flexibility index (Phi) is 3.80. The average molecular weight is 288 g/mol. The number of unbranched alkanes of at least 4 members (excludes halogenated alkanes) is 1. The monoisotopic (exact) mass is 288 g/mol. The highest BCUT2D eigenvalue weighted by Crippen LogP contribution is 2.60. The van der Waals surface area contributed by atoms with Gasteiger partial charge in [0.1, 0.15) is 5.75 Å². The second-order valence-corrected chi connectivity index (χ2v) is 4.83. The second kappa shape index (κ2) is 5.11. The van der Waals surface area contributed by atoms with Crippen LogP contribution in [0.5, 0.6) is 5.75 Å². The molecule has 0 aliphatic heterocycles. The highest BCUT2D eigenvalue weighted by atomic mass is 19.3. The number of methoxy groups -OCH3 is 1. The van der Waals surface area contributed by atoms with E-state index in [4.69, 9.17) is 4.74 Å². The molecule has 0 atom stereocenters. The van der Waals surface area contributed by atoms with Crippen LogP contribution in [0.25, 0.3) is 5.57 Å². The molecule has 0 heterocycles. The first-order valence-electron chi connectivity index (χ1n) is 6.50. The van der Waals surface area contributed by atoms with Crippen molar-refractivity contribution in [3.63, 3.8) is 0 Å². The lowest BCUT2D eigenvalue weighted by atomic mass is 9.74. The van der Waals surface area contributed by atoms with E-state index in [1.165, 1.54) is 31.4 Å². The third-order valence-electron chi connectivity index (χ3n) is 3.55. The van der Waals surface area contributed by atoms with Crippen LogP contribution in [0.1, 0.15) is 31.7 Å². The summed E-state index contributed by atoms with van der Waals surface area (Å²) in [7, 11) is 1.45. The van der Waals surface area contributed by atoms with Crippen LogP contribution >= 0.6 is 0 Å². The molecule has 1 aliphatic carbocycles. The van der Waals surface area contributed by atoms with E-state index in [0.717, 1.165) is 0 Å². The van der Waals surface area contributed by atoms with Crippen molar-refractivity contribution < 1.29 is 22.3 Å². The molecule has 20 heavy (non-hydrogen) atoms. The SMILES string of the molecule is CCCCC1=C(c2ccc(OC)cc2)C(F)(F)C1(F)F. The summed E-state index contributed by atoms with van der Waals surface area (Å²) in [6, 6.07) is 5.77. The van der Waals surface area contributed by atoms with Crippen LogP contribution in [0.4, 0.5) is 17.6 Å². The molecule has 1 nitrogen and oxygen atoms in total. The molecule has 0 fully saturated rings. The first-order chi connectivity index (χ1) is 9.36. The van der Waals surface area contributed by atoms with E-state index in [1.807, 2.05) is 6.92 Å². The fraction of sp³-hybridized carbons (Fsp3) is 0.467. The van der Waals surface area contributed by atoms with Gasteiger partial charge in [0, 0.05) is 11.1 Å². The molecule has 0 amide bonds. The quantitative estimate of drug-likeness (QED) is 0.698. The topological polar surface area (TPSA) is 9.23 Å². The standard InChI is InChI=1S/C15H16F4O/c1-3-4-5-12-13(15(18,19)14(12,16)17)10-6-8-11(20-2)9-7-10/h6-9H,3-5H2,1-2H3. The lowest BCUT2D eigenvalue weighted by molar-refractivity contribution is -0.171. The fourth-order valence-corrected chi connectivity index (χ4v) is 2.38. The zero-order chi connectivity index (χ0) is 15.0. The first kappa shape index (κ1) is 14.9. The van der Waals surface area contributed by atoms with Gasteiger partial charge in [-0.05, 0) is 30.5 Å². The Morgan fingerprint density at radius 3 is 2.10 bits per heavy atom. The Morgan fingerprint density at radius 2 is 1.60 bits per heavy atom. The molecule has 0 bridgehead atoms. The summed E-state index contributed by atoms with van der Waals surface area (Å²) in [6.07, 6.45) is 1.15. The van der Waals surface area contributed by atoms with E-state index in [9.17, 15) is 17.6 Å². The van der Waals surface area contributed by atoms with Gasteiger partial charge in [-0.15, -0.1) is 0 Å². The number of benzene rings is 1. The number of hydrogen-bond donors (Lipinski definition) is 0. The van der Waals surface area contributed by atoms with Gasteiger partial charge in [0.15, 0.2) is 0 Å². The third-order valence-corrected chi connectivity index (χ3v) is 3.55. The number of alkyl halides is 4. The van der Waals surface area contributed by atoms with Gasteiger partial charge in [0.05, 0.1) is 7.11 Å². The molecule has 0 aromatic heterocycles. The lowest BCUT2D eigenvalue weighted by Gasteiger charge is -2.41. The maximum Gasteiger partial charge on any atom is 0.340 e. The number of hydrogen-bond acceptors (Lipinski definition) is 1. The van der Waals surface area contributed by atoms with Crippen molar-refractivity contribution in [1.82, 2.24) is 0 Å². The fourth-order valence-electron chi connectivity index (χ4n) is 2.38. The first-order valence-corrected chi connectivity index (χ1v) is 6.50. The van der Waals surface area contributed by atoms with E-state index >= 15 is 0 Å². The van der Waals surface area contributed by atoms with Gasteiger partial charge in [-0.1, -0.05) is 25.5 Å². The predicted molar refractivity (Wildman–Crippen MR) is 69.3 cm³/mol. The Morgan fingerprint density at radius 1 is 1.00 bits per heavy atom. The maximum absolute atomic E-state index is 13.7. The summed E-state index contributed by atoms with van der Waals surface area (Å²) in [5, 5.41) is 0. The predicted octanol–water partition coefficient (Wildman–Crippen LogP) is 4.92. The van der Waals surface area contributed by atoms with Gasteiger partial charge >= 0.3 is 11.8 Å².